The maximum Gasteiger partial charge on any atom is 0.410 e. The number of rotatable bonds is 2. The molecule has 1 amide bonds. The lowest BCUT2D eigenvalue weighted by molar-refractivity contribution is -0.112. The molecule has 2 unspecified atom stereocenters. The summed E-state index contributed by atoms with van der Waals surface area (Å²) in [6.45, 7) is 5.56. The summed E-state index contributed by atoms with van der Waals surface area (Å²) >= 11 is 0. The smallest absolute Gasteiger partial charge is 0.410 e. The Balaban J connectivity index is 2.54. The highest BCUT2D eigenvalue weighted by atomic mass is 16.6. The van der Waals surface area contributed by atoms with E-state index < -0.39 is 5.60 Å². The summed E-state index contributed by atoms with van der Waals surface area (Å²) in [6.07, 6.45) is 4.38. The van der Waals surface area contributed by atoms with Gasteiger partial charge in [0.05, 0.1) is 0 Å². The Morgan fingerprint density at radius 2 is 2.00 bits per heavy atom. The Labute approximate surface area is 103 Å². The summed E-state index contributed by atoms with van der Waals surface area (Å²) in [6, 6.07) is 0.133. The maximum atomic E-state index is 11.9. The van der Waals surface area contributed by atoms with Crippen LogP contribution in [0, 0.1) is 5.92 Å². The fourth-order valence-electron chi connectivity index (χ4n) is 2.16. The fraction of sp³-hybridized carbons (Fsp3) is 0.846. The van der Waals surface area contributed by atoms with Gasteiger partial charge in [-0.15, -0.1) is 0 Å². The molecule has 2 atom stereocenters. The van der Waals surface area contributed by atoms with Gasteiger partial charge >= 0.3 is 6.09 Å². The van der Waals surface area contributed by atoms with E-state index in [1.165, 1.54) is 0 Å². The minimum atomic E-state index is -0.468. The lowest BCUT2D eigenvalue weighted by Gasteiger charge is -2.34. The first kappa shape index (κ1) is 14.0. The number of carbonyl (C=O) groups excluding carboxylic acids is 2. The third-order valence-corrected chi connectivity index (χ3v) is 3.11. The Morgan fingerprint density at radius 1 is 1.35 bits per heavy atom. The van der Waals surface area contributed by atoms with Crippen LogP contribution >= 0.6 is 0 Å². The number of aldehydes is 1. The molecule has 0 radical (unpaired) electrons. The van der Waals surface area contributed by atoms with Crippen molar-refractivity contribution in [2.75, 3.05) is 7.05 Å². The predicted molar refractivity (Wildman–Crippen MR) is 65.8 cm³/mol. The molecule has 4 nitrogen and oxygen atoms in total. The number of amides is 1. The second-order valence-corrected chi connectivity index (χ2v) is 5.81. The molecule has 98 valence electrons. The predicted octanol–water partition coefficient (Wildman–Crippen LogP) is 2.61. The van der Waals surface area contributed by atoms with Crippen LogP contribution in [0.5, 0.6) is 0 Å². The average Bonchev–Trinajstić information content (AvgIpc) is 2.26. The standard InChI is InChI=1S/C13H23NO3/c1-13(2,3)17-12(16)14(4)11-7-5-6-10(8-11)9-15/h9-11H,5-8H2,1-4H3. The van der Waals surface area contributed by atoms with E-state index in [-0.39, 0.29) is 18.1 Å². The van der Waals surface area contributed by atoms with Crippen LogP contribution in [0.3, 0.4) is 0 Å². The highest BCUT2D eigenvalue weighted by molar-refractivity contribution is 5.68. The summed E-state index contributed by atoms with van der Waals surface area (Å²) < 4.78 is 5.32. The first-order valence-corrected chi connectivity index (χ1v) is 6.24. The quantitative estimate of drug-likeness (QED) is 0.698. The van der Waals surface area contributed by atoms with Gasteiger partial charge in [-0.05, 0) is 40.0 Å². The van der Waals surface area contributed by atoms with E-state index in [4.69, 9.17) is 4.74 Å². The van der Waals surface area contributed by atoms with Gasteiger partial charge in [0.2, 0.25) is 0 Å². The molecule has 1 saturated carbocycles. The van der Waals surface area contributed by atoms with Crippen molar-refractivity contribution in [2.24, 2.45) is 5.92 Å². The van der Waals surface area contributed by atoms with E-state index in [0.717, 1.165) is 32.0 Å². The zero-order valence-electron chi connectivity index (χ0n) is 11.2. The molecule has 0 aliphatic heterocycles. The molecule has 0 spiro atoms. The van der Waals surface area contributed by atoms with Crippen LogP contribution in [0.25, 0.3) is 0 Å². The molecule has 1 fully saturated rings. The van der Waals surface area contributed by atoms with Crippen molar-refractivity contribution in [2.45, 2.75) is 58.1 Å². The van der Waals surface area contributed by atoms with E-state index in [9.17, 15) is 9.59 Å². The number of hydrogen-bond donors (Lipinski definition) is 0. The van der Waals surface area contributed by atoms with Crippen molar-refractivity contribution in [3.05, 3.63) is 0 Å². The number of carbonyl (C=O) groups is 2. The average molecular weight is 241 g/mol. The van der Waals surface area contributed by atoms with Crippen molar-refractivity contribution < 1.29 is 14.3 Å². The van der Waals surface area contributed by atoms with Gasteiger partial charge in [-0.3, -0.25) is 0 Å². The van der Waals surface area contributed by atoms with Gasteiger partial charge in [0, 0.05) is 19.0 Å². The Morgan fingerprint density at radius 3 is 2.53 bits per heavy atom. The minimum absolute atomic E-state index is 0.0960. The maximum absolute atomic E-state index is 11.9. The van der Waals surface area contributed by atoms with Crippen molar-refractivity contribution >= 4 is 12.4 Å². The molecule has 0 N–H and O–H groups in total. The van der Waals surface area contributed by atoms with Crippen molar-refractivity contribution in [3.63, 3.8) is 0 Å². The largest absolute Gasteiger partial charge is 0.444 e. The van der Waals surface area contributed by atoms with Crippen molar-refractivity contribution in [1.29, 1.82) is 0 Å². The van der Waals surface area contributed by atoms with E-state index in [1.54, 1.807) is 11.9 Å². The van der Waals surface area contributed by atoms with Crippen LogP contribution in [0.4, 0.5) is 4.79 Å². The van der Waals surface area contributed by atoms with Crippen LogP contribution in [0.2, 0.25) is 0 Å². The second-order valence-electron chi connectivity index (χ2n) is 5.81. The van der Waals surface area contributed by atoms with Crippen LogP contribution in [0.15, 0.2) is 0 Å². The summed E-state index contributed by atoms with van der Waals surface area (Å²) in [5, 5.41) is 0. The Kier molecular flexibility index (Phi) is 4.54. The van der Waals surface area contributed by atoms with Gasteiger partial charge in [0.1, 0.15) is 11.9 Å². The molecule has 1 aliphatic rings. The minimum Gasteiger partial charge on any atom is -0.444 e. The summed E-state index contributed by atoms with van der Waals surface area (Å²) in [5.41, 5.74) is -0.468. The molecule has 0 bridgehead atoms. The third-order valence-electron chi connectivity index (χ3n) is 3.11. The summed E-state index contributed by atoms with van der Waals surface area (Å²) in [7, 11) is 1.76. The second kappa shape index (κ2) is 5.52. The molecule has 0 aromatic heterocycles. The normalized spacial score (nSPS) is 25.2. The van der Waals surface area contributed by atoms with Gasteiger partial charge in [-0.2, -0.15) is 0 Å². The SMILES string of the molecule is CN(C(=O)OC(C)(C)C)C1CCCC(C=O)C1. The van der Waals surface area contributed by atoms with Crippen LogP contribution < -0.4 is 0 Å². The molecule has 17 heavy (non-hydrogen) atoms. The summed E-state index contributed by atoms with van der Waals surface area (Å²) in [5.74, 6) is 0.0960. The molecule has 4 heteroatoms. The zero-order valence-corrected chi connectivity index (χ0v) is 11.2. The fourth-order valence-corrected chi connectivity index (χ4v) is 2.16. The number of ether oxygens (including phenoxy) is 1. The molecule has 0 aromatic carbocycles. The van der Waals surface area contributed by atoms with E-state index in [0.29, 0.717) is 0 Å². The van der Waals surface area contributed by atoms with Gasteiger partial charge in [-0.25, -0.2) is 4.79 Å². The molecule has 0 aromatic rings. The molecular formula is C13H23NO3. The Bertz CT molecular complexity index is 283. The van der Waals surface area contributed by atoms with E-state index in [2.05, 4.69) is 0 Å². The molecule has 1 rings (SSSR count). The Hall–Kier alpha value is -1.06. The number of nitrogens with zero attached hydrogens (tertiary/aromatic N) is 1. The highest BCUT2D eigenvalue weighted by Crippen LogP contribution is 2.26. The first-order valence-electron chi connectivity index (χ1n) is 6.24. The topological polar surface area (TPSA) is 46.6 Å². The van der Waals surface area contributed by atoms with Crippen LogP contribution in [0.1, 0.15) is 46.5 Å². The van der Waals surface area contributed by atoms with Gasteiger partial charge in [0.25, 0.3) is 0 Å². The highest BCUT2D eigenvalue weighted by Gasteiger charge is 2.29. The summed E-state index contributed by atoms with van der Waals surface area (Å²) in [4.78, 5) is 24.3. The number of hydrogen-bond acceptors (Lipinski definition) is 3. The lowest BCUT2D eigenvalue weighted by Crippen LogP contribution is -2.43. The van der Waals surface area contributed by atoms with Crippen molar-refractivity contribution in [1.82, 2.24) is 4.90 Å². The van der Waals surface area contributed by atoms with Gasteiger partial charge < -0.3 is 14.4 Å². The molecule has 1 aliphatic carbocycles. The molecular weight excluding hydrogens is 218 g/mol. The third kappa shape index (κ3) is 4.36. The van der Waals surface area contributed by atoms with Crippen LogP contribution in [-0.2, 0) is 9.53 Å². The van der Waals surface area contributed by atoms with Gasteiger partial charge in [0.15, 0.2) is 0 Å². The molecule has 0 heterocycles. The lowest BCUT2D eigenvalue weighted by atomic mass is 9.86. The van der Waals surface area contributed by atoms with E-state index >= 15 is 0 Å². The van der Waals surface area contributed by atoms with Crippen molar-refractivity contribution in [3.8, 4) is 0 Å². The van der Waals surface area contributed by atoms with Gasteiger partial charge in [-0.1, -0.05) is 6.42 Å². The zero-order chi connectivity index (χ0) is 13.1. The monoisotopic (exact) mass is 241 g/mol. The first-order chi connectivity index (χ1) is 7.83. The molecule has 0 saturated heterocycles. The van der Waals surface area contributed by atoms with Crippen LogP contribution in [-0.4, -0.2) is 36.0 Å². The van der Waals surface area contributed by atoms with E-state index in [1.807, 2.05) is 20.8 Å².